The lowest BCUT2D eigenvalue weighted by Crippen LogP contribution is -2.54. The maximum atomic E-state index is 14.1. The van der Waals surface area contributed by atoms with E-state index in [2.05, 4.69) is 21.2 Å². The van der Waals surface area contributed by atoms with Crippen LogP contribution in [-0.2, 0) is 32.6 Å². The number of nitrogens with zero attached hydrogens (tertiary/aromatic N) is 2. The molecule has 0 aliphatic carbocycles. The first-order valence-corrected chi connectivity index (χ1v) is 16.1. The number of amides is 2. The monoisotopic (exact) mass is 667 g/mol. The molecule has 0 saturated carbocycles. The standard InChI is InChI=1S/C29H32BrCl2N3O4S/c1-4-20(2)33-29(37)27(16-21-9-6-5-7-10-21)34(18-22-11-8-12-23(30)15-22)28(36)19-35(40(3,38)39)26-17-24(31)13-14-25(26)32/h5-15,17,20,27H,4,16,18-19H2,1-3H3,(H,33,37)/t20-,27-/m0/s1. The molecule has 0 bridgehead atoms. The summed E-state index contributed by atoms with van der Waals surface area (Å²) >= 11 is 16.0. The SMILES string of the molecule is CC[C@H](C)NC(=O)[C@H](Cc1ccccc1)N(Cc1cccc(Br)c1)C(=O)CN(c1cc(Cl)ccc1Cl)S(C)(=O)=O. The molecule has 0 fully saturated rings. The van der Waals surface area contributed by atoms with Crippen LogP contribution in [0.1, 0.15) is 31.4 Å². The molecular formula is C29H32BrCl2N3O4S. The summed E-state index contributed by atoms with van der Waals surface area (Å²) in [7, 11) is -3.96. The molecule has 0 radical (unpaired) electrons. The zero-order chi connectivity index (χ0) is 29.4. The summed E-state index contributed by atoms with van der Waals surface area (Å²) in [5.41, 5.74) is 1.71. The minimum atomic E-state index is -3.96. The van der Waals surface area contributed by atoms with E-state index in [-0.39, 0.29) is 40.6 Å². The molecule has 0 aliphatic heterocycles. The number of carbonyl (C=O) groups excluding carboxylic acids is 2. The lowest BCUT2D eigenvalue weighted by molar-refractivity contribution is -0.140. The summed E-state index contributed by atoms with van der Waals surface area (Å²) in [5.74, 6) is -0.894. The number of halogens is 3. The molecule has 11 heteroatoms. The third kappa shape index (κ3) is 8.96. The van der Waals surface area contributed by atoms with E-state index in [0.717, 1.165) is 26.2 Å². The molecule has 3 aromatic carbocycles. The van der Waals surface area contributed by atoms with E-state index in [0.29, 0.717) is 6.42 Å². The Kier molecular flexibility index (Phi) is 11.5. The van der Waals surface area contributed by atoms with Crippen molar-refractivity contribution in [2.45, 2.75) is 45.3 Å². The smallest absolute Gasteiger partial charge is 0.244 e. The molecule has 0 aliphatic rings. The van der Waals surface area contributed by atoms with Gasteiger partial charge in [-0.1, -0.05) is 88.5 Å². The molecule has 3 rings (SSSR count). The van der Waals surface area contributed by atoms with Crippen LogP contribution in [0.25, 0.3) is 0 Å². The van der Waals surface area contributed by atoms with Gasteiger partial charge in [0.25, 0.3) is 0 Å². The zero-order valence-electron chi connectivity index (χ0n) is 22.5. The molecule has 214 valence electrons. The van der Waals surface area contributed by atoms with Crippen molar-refractivity contribution >= 4 is 66.7 Å². The van der Waals surface area contributed by atoms with Gasteiger partial charge >= 0.3 is 0 Å². The third-order valence-corrected chi connectivity index (χ3v) is 8.54. The van der Waals surface area contributed by atoms with Crippen LogP contribution in [0.5, 0.6) is 0 Å². The van der Waals surface area contributed by atoms with E-state index in [9.17, 15) is 18.0 Å². The normalized spacial score (nSPS) is 12.8. The first kappa shape index (κ1) is 31.9. The topological polar surface area (TPSA) is 86.8 Å². The largest absolute Gasteiger partial charge is 0.352 e. The lowest BCUT2D eigenvalue weighted by Gasteiger charge is -2.34. The fraction of sp³-hybridized carbons (Fsp3) is 0.310. The number of anilines is 1. The van der Waals surface area contributed by atoms with Gasteiger partial charge in [-0.3, -0.25) is 13.9 Å². The Morgan fingerprint density at radius 3 is 2.27 bits per heavy atom. The van der Waals surface area contributed by atoms with Gasteiger partial charge in [-0.2, -0.15) is 0 Å². The van der Waals surface area contributed by atoms with Crippen LogP contribution in [0.15, 0.2) is 77.3 Å². The molecule has 1 N–H and O–H groups in total. The summed E-state index contributed by atoms with van der Waals surface area (Å²) in [6, 6.07) is 20.1. The molecule has 40 heavy (non-hydrogen) atoms. The Balaban J connectivity index is 2.09. The fourth-order valence-corrected chi connectivity index (χ4v) is 5.83. The predicted molar refractivity (Wildman–Crippen MR) is 165 cm³/mol. The van der Waals surface area contributed by atoms with Crippen LogP contribution in [-0.4, -0.2) is 50.0 Å². The highest BCUT2D eigenvalue weighted by Gasteiger charge is 2.34. The maximum Gasteiger partial charge on any atom is 0.244 e. The van der Waals surface area contributed by atoms with Crippen LogP contribution in [0.4, 0.5) is 5.69 Å². The number of carbonyl (C=O) groups is 2. The van der Waals surface area contributed by atoms with Crippen molar-refractivity contribution in [3.05, 3.63) is 98.4 Å². The van der Waals surface area contributed by atoms with Crippen molar-refractivity contribution in [3.8, 4) is 0 Å². The summed E-state index contributed by atoms with van der Waals surface area (Å²) in [4.78, 5) is 29.2. The molecule has 3 aromatic rings. The number of benzene rings is 3. The Morgan fingerprint density at radius 2 is 1.65 bits per heavy atom. The predicted octanol–water partition coefficient (Wildman–Crippen LogP) is 6.08. The summed E-state index contributed by atoms with van der Waals surface area (Å²) in [6.07, 6.45) is 1.94. The van der Waals surface area contributed by atoms with Gasteiger partial charge in [0.05, 0.1) is 17.0 Å². The van der Waals surface area contributed by atoms with Gasteiger partial charge in [-0.25, -0.2) is 8.42 Å². The fourth-order valence-electron chi connectivity index (χ4n) is 4.10. The molecule has 0 heterocycles. The number of hydrogen-bond donors (Lipinski definition) is 1. The van der Waals surface area contributed by atoms with Gasteiger partial charge < -0.3 is 10.2 Å². The molecule has 2 atom stereocenters. The molecule has 2 amide bonds. The molecular weight excluding hydrogens is 637 g/mol. The number of nitrogens with one attached hydrogen (secondary N) is 1. The Morgan fingerprint density at radius 1 is 0.975 bits per heavy atom. The average molecular weight is 669 g/mol. The van der Waals surface area contributed by atoms with E-state index in [4.69, 9.17) is 23.2 Å². The van der Waals surface area contributed by atoms with Gasteiger partial charge in [-0.15, -0.1) is 0 Å². The highest BCUT2D eigenvalue weighted by molar-refractivity contribution is 9.10. The quantitative estimate of drug-likeness (QED) is 0.254. The Labute approximate surface area is 254 Å². The van der Waals surface area contributed by atoms with Crippen molar-refractivity contribution in [2.24, 2.45) is 0 Å². The van der Waals surface area contributed by atoms with Gasteiger partial charge in [0, 0.05) is 28.5 Å². The van der Waals surface area contributed by atoms with Crippen molar-refractivity contribution in [3.63, 3.8) is 0 Å². The second kappa shape index (κ2) is 14.3. The van der Waals surface area contributed by atoms with E-state index >= 15 is 0 Å². The highest BCUT2D eigenvalue weighted by atomic mass is 79.9. The second-order valence-electron chi connectivity index (χ2n) is 9.54. The summed E-state index contributed by atoms with van der Waals surface area (Å²) in [5, 5.41) is 3.39. The van der Waals surface area contributed by atoms with Crippen LogP contribution >= 0.6 is 39.1 Å². The van der Waals surface area contributed by atoms with Gasteiger partial charge in [0.2, 0.25) is 21.8 Å². The van der Waals surface area contributed by atoms with Crippen LogP contribution in [0.3, 0.4) is 0 Å². The summed E-state index contributed by atoms with van der Waals surface area (Å²) in [6.45, 7) is 3.35. The van der Waals surface area contributed by atoms with E-state index in [1.54, 1.807) is 0 Å². The number of sulfonamides is 1. The van der Waals surface area contributed by atoms with Crippen molar-refractivity contribution in [1.82, 2.24) is 10.2 Å². The second-order valence-corrected chi connectivity index (χ2v) is 13.2. The van der Waals surface area contributed by atoms with E-state index < -0.39 is 28.5 Å². The molecule has 7 nitrogen and oxygen atoms in total. The third-order valence-electron chi connectivity index (χ3n) is 6.37. The average Bonchev–Trinajstić information content (AvgIpc) is 2.90. The Bertz CT molecular complexity index is 1440. The number of hydrogen-bond acceptors (Lipinski definition) is 4. The minimum Gasteiger partial charge on any atom is -0.352 e. The first-order valence-electron chi connectivity index (χ1n) is 12.7. The minimum absolute atomic E-state index is 0.0740. The van der Waals surface area contributed by atoms with Crippen LogP contribution < -0.4 is 9.62 Å². The van der Waals surface area contributed by atoms with E-state index in [1.807, 2.05) is 68.4 Å². The molecule has 0 unspecified atom stereocenters. The van der Waals surface area contributed by atoms with Crippen molar-refractivity contribution < 1.29 is 18.0 Å². The highest BCUT2D eigenvalue weighted by Crippen LogP contribution is 2.31. The molecule has 0 saturated heterocycles. The lowest BCUT2D eigenvalue weighted by atomic mass is 10.0. The van der Waals surface area contributed by atoms with Crippen molar-refractivity contribution in [1.29, 1.82) is 0 Å². The summed E-state index contributed by atoms with van der Waals surface area (Å²) < 4.78 is 27.5. The zero-order valence-corrected chi connectivity index (χ0v) is 26.4. The maximum absolute atomic E-state index is 14.1. The molecule has 0 aromatic heterocycles. The van der Waals surface area contributed by atoms with Crippen molar-refractivity contribution in [2.75, 3.05) is 17.1 Å². The Hall–Kier alpha value is -2.59. The van der Waals surface area contributed by atoms with Crippen LogP contribution in [0, 0.1) is 0 Å². The molecule has 0 spiro atoms. The van der Waals surface area contributed by atoms with Crippen LogP contribution in [0.2, 0.25) is 10.0 Å². The van der Waals surface area contributed by atoms with Gasteiger partial charge in [-0.05, 0) is 54.8 Å². The first-order chi connectivity index (χ1) is 18.9. The van der Waals surface area contributed by atoms with Gasteiger partial charge in [0.1, 0.15) is 12.6 Å². The van der Waals surface area contributed by atoms with E-state index in [1.165, 1.54) is 23.1 Å². The number of rotatable bonds is 12. The van der Waals surface area contributed by atoms with Gasteiger partial charge in [0.15, 0.2) is 0 Å².